The molecule has 1 aromatic rings. The van der Waals surface area contributed by atoms with Gasteiger partial charge in [0.15, 0.2) is 0 Å². The quantitative estimate of drug-likeness (QED) is 0.751. The Kier molecular flexibility index (Phi) is 7.61. The lowest BCUT2D eigenvalue weighted by Crippen LogP contribution is -2.55. The third-order valence-electron chi connectivity index (χ3n) is 4.67. The van der Waals surface area contributed by atoms with Crippen molar-refractivity contribution in [3.05, 3.63) is 35.9 Å². The van der Waals surface area contributed by atoms with Crippen molar-refractivity contribution >= 4 is 23.8 Å². The first-order chi connectivity index (χ1) is 13.3. The van der Waals surface area contributed by atoms with E-state index in [9.17, 15) is 14.4 Å². The van der Waals surface area contributed by atoms with E-state index in [1.165, 1.54) is 6.08 Å². The highest BCUT2D eigenvalue weighted by molar-refractivity contribution is 5.95. The molecule has 2 rings (SSSR count). The molecule has 1 saturated heterocycles. The molecular formula is C21H29N3O4. The van der Waals surface area contributed by atoms with Gasteiger partial charge < -0.3 is 19.9 Å². The zero-order chi connectivity index (χ0) is 20.7. The number of rotatable bonds is 6. The van der Waals surface area contributed by atoms with Crippen LogP contribution in [0, 0.1) is 5.92 Å². The molecule has 0 spiro atoms. The fourth-order valence-corrected chi connectivity index (χ4v) is 3.00. The van der Waals surface area contributed by atoms with E-state index in [0.29, 0.717) is 26.2 Å². The molecule has 152 valence electrons. The van der Waals surface area contributed by atoms with Gasteiger partial charge in [0.05, 0.1) is 7.11 Å². The molecule has 1 aromatic carbocycles. The fraction of sp³-hybridized carbons (Fsp3) is 0.476. The maximum Gasteiger partial charge on any atom is 0.244 e. The molecule has 0 bridgehead atoms. The Morgan fingerprint density at radius 3 is 2.00 bits per heavy atom. The Labute approximate surface area is 166 Å². The number of amides is 3. The molecule has 1 fully saturated rings. The fourth-order valence-electron chi connectivity index (χ4n) is 3.00. The molecule has 0 saturated carbocycles. The SMILES string of the molecule is COc1ccc(/C=C/C(=O)NC(C)C(=O)N2CCN(C(=O)C(C)C)CC2)cc1. The zero-order valence-electron chi connectivity index (χ0n) is 17.0. The number of methoxy groups -OCH3 is 1. The van der Waals surface area contributed by atoms with E-state index in [1.54, 1.807) is 29.9 Å². The lowest BCUT2D eigenvalue weighted by Gasteiger charge is -2.36. The Balaban J connectivity index is 1.82. The van der Waals surface area contributed by atoms with Gasteiger partial charge in [-0.3, -0.25) is 14.4 Å². The van der Waals surface area contributed by atoms with Crippen LogP contribution < -0.4 is 10.1 Å². The van der Waals surface area contributed by atoms with Crippen molar-refractivity contribution in [2.45, 2.75) is 26.8 Å². The van der Waals surface area contributed by atoms with Crippen LogP contribution in [-0.2, 0) is 14.4 Å². The van der Waals surface area contributed by atoms with Gasteiger partial charge in [0.25, 0.3) is 0 Å². The first-order valence-electron chi connectivity index (χ1n) is 9.52. The molecule has 28 heavy (non-hydrogen) atoms. The smallest absolute Gasteiger partial charge is 0.244 e. The summed E-state index contributed by atoms with van der Waals surface area (Å²) >= 11 is 0. The molecule has 3 amide bonds. The highest BCUT2D eigenvalue weighted by Gasteiger charge is 2.28. The molecule has 1 N–H and O–H groups in total. The minimum atomic E-state index is -0.625. The van der Waals surface area contributed by atoms with Crippen LogP contribution in [0.2, 0.25) is 0 Å². The van der Waals surface area contributed by atoms with Crippen LogP contribution in [0.1, 0.15) is 26.3 Å². The van der Waals surface area contributed by atoms with Crippen LogP contribution >= 0.6 is 0 Å². The number of nitrogens with zero attached hydrogens (tertiary/aromatic N) is 2. The Morgan fingerprint density at radius 1 is 0.964 bits per heavy atom. The van der Waals surface area contributed by atoms with Crippen LogP contribution in [0.25, 0.3) is 6.08 Å². The van der Waals surface area contributed by atoms with Gasteiger partial charge >= 0.3 is 0 Å². The Bertz CT molecular complexity index is 720. The van der Waals surface area contributed by atoms with Gasteiger partial charge in [0.1, 0.15) is 11.8 Å². The maximum absolute atomic E-state index is 12.6. The van der Waals surface area contributed by atoms with Crippen LogP contribution in [0.15, 0.2) is 30.3 Å². The van der Waals surface area contributed by atoms with Crippen LogP contribution in [0.3, 0.4) is 0 Å². The predicted molar refractivity (Wildman–Crippen MR) is 108 cm³/mol. The molecule has 1 unspecified atom stereocenters. The standard InChI is InChI=1S/C21H29N3O4/c1-15(2)20(26)23-11-13-24(14-12-23)21(27)16(3)22-19(25)10-7-17-5-8-18(28-4)9-6-17/h5-10,15-16H,11-14H2,1-4H3,(H,22,25)/b10-7+. The third-order valence-corrected chi connectivity index (χ3v) is 4.67. The number of ether oxygens (including phenoxy) is 1. The lowest BCUT2D eigenvalue weighted by molar-refractivity contribution is -0.142. The summed E-state index contributed by atoms with van der Waals surface area (Å²) < 4.78 is 5.10. The summed E-state index contributed by atoms with van der Waals surface area (Å²) in [4.78, 5) is 40.2. The van der Waals surface area contributed by atoms with Crippen molar-refractivity contribution in [2.24, 2.45) is 5.92 Å². The summed E-state index contributed by atoms with van der Waals surface area (Å²) in [5.74, 6) is 0.346. The summed E-state index contributed by atoms with van der Waals surface area (Å²) in [6.07, 6.45) is 3.09. The van der Waals surface area contributed by atoms with E-state index in [1.807, 2.05) is 38.1 Å². The highest BCUT2D eigenvalue weighted by Crippen LogP contribution is 2.12. The van der Waals surface area contributed by atoms with Crippen molar-refractivity contribution in [1.29, 1.82) is 0 Å². The molecule has 1 aliphatic rings. The van der Waals surface area contributed by atoms with Crippen LogP contribution in [-0.4, -0.2) is 66.9 Å². The van der Waals surface area contributed by atoms with Crippen LogP contribution in [0.4, 0.5) is 0 Å². The third kappa shape index (κ3) is 5.84. The maximum atomic E-state index is 12.6. The molecule has 0 aliphatic carbocycles. The molecular weight excluding hydrogens is 358 g/mol. The van der Waals surface area contributed by atoms with E-state index < -0.39 is 6.04 Å². The topological polar surface area (TPSA) is 79.0 Å². The number of carbonyl (C=O) groups is 3. The normalized spacial score (nSPS) is 15.6. The van der Waals surface area contributed by atoms with E-state index >= 15 is 0 Å². The monoisotopic (exact) mass is 387 g/mol. The van der Waals surface area contributed by atoms with Gasteiger partial charge in [-0.15, -0.1) is 0 Å². The lowest BCUT2D eigenvalue weighted by atomic mass is 10.1. The van der Waals surface area contributed by atoms with Gasteiger partial charge in [-0.05, 0) is 30.7 Å². The van der Waals surface area contributed by atoms with E-state index in [-0.39, 0.29) is 23.6 Å². The second-order valence-corrected chi connectivity index (χ2v) is 7.14. The minimum absolute atomic E-state index is 0.0436. The molecule has 1 atom stereocenters. The number of hydrogen-bond acceptors (Lipinski definition) is 4. The summed E-state index contributed by atoms with van der Waals surface area (Å²) in [5, 5.41) is 2.70. The number of carbonyl (C=O) groups excluding carboxylic acids is 3. The summed E-state index contributed by atoms with van der Waals surface area (Å²) in [5.41, 5.74) is 0.862. The first kappa shape index (κ1) is 21.5. The number of piperazine rings is 1. The minimum Gasteiger partial charge on any atom is -0.497 e. The number of benzene rings is 1. The molecule has 0 radical (unpaired) electrons. The zero-order valence-corrected chi connectivity index (χ0v) is 17.0. The second-order valence-electron chi connectivity index (χ2n) is 7.14. The Hall–Kier alpha value is -2.83. The number of hydrogen-bond donors (Lipinski definition) is 1. The van der Waals surface area contributed by atoms with Gasteiger partial charge in [-0.25, -0.2) is 0 Å². The van der Waals surface area contributed by atoms with Crippen LogP contribution in [0.5, 0.6) is 5.75 Å². The van der Waals surface area contributed by atoms with Gasteiger partial charge in [0.2, 0.25) is 17.7 Å². The van der Waals surface area contributed by atoms with E-state index in [0.717, 1.165) is 11.3 Å². The van der Waals surface area contributed by atoms with Gasteiger partial charge in [0, 0.05) is 38.2 Å². The van der Waals surface area contributed by atoms with E-state index in [4.69, 9.17) is 4.74 Å². The molecule has 1 aliphatic heterocycles. The van der Waals surface area contributed by atoms with Gasteiger partial charge in [-0.1, -0.05) is 26.0 Å². The highest BCUT2D eigenvalue weighted by atomic mass is 16.5. The van der Waals surface area contributed by atoms with Crippen molar-refractivity contribution < 1.29 is 19.1 Å². The predicted octanol–water partition coefficient (Wildman–Crippen LogP) is 1.54. The van der Waals surface area contributed by atoms with Gasteiger partial charge in [-0.2, -0.15) is 0 Å². The second kappa shape index (κ2) is 9.92. The largest absolute Gasteiger partial charge is 0.497 e. The molecule has 7 heteroatoms. The van der Waals surface area contributed by atoms with Crippen molar-refractivity contribution in [2.75, 3.05) is 33.3 Å². The van der Waals surface area contributed by atoms with Crippen molar-refractivity contribution in [1.82, 2.24) is 15.1 Å². The summed E-state index contributed by atoms with van der Waals surface area (Å²) in [7, 11) is 1.60. The van der Waals surface area contributed by atoms with Crippen molar-refractivity contribution in [3.63, 3.8) is 0 Å². The molecule has 1 heterocycles. The first-order valence-corrected chi connectivity index (χ1v) is 9.52. The number of nitrogens with one attached hydrogen (secondary N) is 1. The average molecular weight is 387 g/mol. The molecule has 0 aromatic heterocycles. The summed E-state index contributed by atoms with van der Waals surface area (Å²) in [6, 6.07) is 6.69. The summed E-state index contributed by atoms with van der Waals surface area (Å²) in [6.45, 7) is 7.45. The van der Waals surface area contributed by atoms with E-state index in [2.05, 4.69) is 5.32 Å². The average Bonchev–Trinajstić information content (AvgIpc) is 2.71. The van der Waals surface area contributed by atoms with Crippen molar-refractivity contribution in [3.8, 4) is 5.75 Å². The Morgan fingerprint density at radius 2 is 1.50 bits per heavy atom. The molecule has 7 nitrogen and oxygen atoms in total.